The van der Waals surface area contributed by atoms with Crippen LogP contribution >= 0.6 is 0 Å². The first-order valence-corrected chi connectivity index (χ1v) is 6.84. The molecule has 0 bridgehead atoms. The quantitative estimate of drug-likeness (QED) is 0.588. The van der Waals surface area contributed by atoms with Crippen LogP contribution in [-0.2, 0) is 19.6 Å². The van der Waals surface area contributed by atoms with Gasteiger partial charge in [0.25, 0.3) is 0 Å². The van der Waals surface area contributed by atoms with E-state index in [4.69, 9.17) is 10.5 Å². The summed E-state index contributed by atoms with van der Waals surface area (Å²) in [5.74, 6) is -0.242. The molecule has 0 spiro atoms. The number of nitrogens with one attached hydrogen (secondary N) is 1. The first-order valence-electron chi connectivity index (χ1n) is 5.35. The molecule has 106 valence electrons. The Labute approximate surface area is 111 Å². The number of esters is 1. The highest BCUT2D eigenvalue weighted by Gasteiger charge is 2.24. The lowest BCUT2D eigenvalue weighted by Crippen LogP contribution is -2.39. The highest BCUT2D eigenvalue weighted by atomic mass is 32.2. The maximum absolute atomic E-state index is 12.0. The van der Waals surface area contributed by atoms with Gasteiger partial charge in [0.15, 0.2) is 0 Å². The van der Waals surface area contributed by atoms with Crippen LogP contribution in [0.1, 0.15) is 6.92 Å². The molecule has 0 aliphatic carbocycles. The van der Waals surface area contributed by atoms with E-state index in [1.165, 1.54) is 39.3 Å². The Balaban J connectivity index is 3.04. The second kappa shape index (κ2) is 5.89. The first kappa shape index (κ1) is 15.3. The van der Waals surface area contributed by atoms with Crippen LogP contribution in [0.5, 0.6) is 5.75 Å². The van der Waals surface area contributed by atoms with Gasteiger partial charge in [0.2, 0.25) is 10.0 Å². The van der Waals surface area contributed by atoms with E-state index in [0.29, 0.717) is 5.75 Å². The maximum Gasteiger partial charge on any atom is 0.323 e. The zero-order chi connectivity index (χ0) is 14.6. The van der Waals surface area contributed by atoms with Crippen LogP contribution in [0.15, 0.2) is 23.1 Å². The van der Waals surface area contributed by atoms with Gasteiger partial charge in [0, 0.05) is 6.07 Å². The monoisotopic (exact) mass is 288 g/mol. The number of methoxy groups -OCH3 is 2. The van der Waals surface area contributed by atoms with Crippen molar-refractivity contribution >= 4 is 21.7 Å². The zero-order valence-corrected chi connectivity index (χ0v) is 11.7. The van der Waals surface area contributed by atoms with Gasteiger partial charge >= 0.3 is 5.97 Å². The van der Waals surface area contributed by atoms with E-state index < -0.39 is 22.0 Å². The van der Waals surface area contributed by atoms with Crippen molar-refractivity contribution in [3.63, 3.8) is 0 Å². The average Bonchev–Trinajstić information content (AvgIpc) is 2.36. The van der Waals surface area contributed by atoms with Gasteiger partial charge in [0.05, 0.1) is 19.9 Å². The minimum Gasteiger partial charge on any atom is -0.497 e. The molecule has 7 nitrogen and oxygen atoms in total. The van der Waals surface area contributed by atoms with E-state index >= 15 is 0 Å². The number of nitrogen functional groups attached to an aromatic ring is 1. The molecule has 0 fully saturated rings. The molecule has 0 heterocycles. The van der Waals surface area contributed by atoms with Crippen LogP contribution in [-0.4, -0.2) is 34.6 Å². The molecule has 1 rings (SSSR count). The van der Waals surface area contributed by atoms with E-state index in [2.05, 4.69) is 9.46 Å². The van der Waals surface area contributed by atoms with Gasteiger partial charge in [-0.25, -0.2) is 8.42 Å². The van der Waals surface area contributed by atoms with Gasteiger partial charge in [-0.3, -0.25) is 4.79 Å². The number of benzene rings is 1. The Hall–Kier alpha value is -1.80. The second-order valence-electron chi connectivity index (χ2n) is 3.77. The van der Waals surface area contributed by atoms with E-state index in [-0.39, 0.29) is 10.6 Å². The Bertz CT molecular complexity index is 570. The van der Waals surface area contributed by atoms with E-state index in [1.807, 2.05) is 0 Å². The molecule has 0 unspecified atom stereocenters. The van der Waals surface area contributed by atoms with E-state index in [9.17, 15) is 13.2 Å². The Morgan fingerprint density at radius 3 is 2.47 bits per heavy atom. The predicted octanol–water partition coefficient (Wildman–Crippen LogP) is 0.117. The van der Waals surface area contributed by atoms with Crippen LogP contribution in [0.3, 0.4) is 0 Å². The molecule has 19 heavy (non-hydrogen) atoms. The summed E-state index contributed by atoms with van der Waals surface area (Å²) in [6.45, 7) is 1.38. The minimum atomic E-state index is -3.90. The standard InChI is InChI=1S/C11H16N2O5S/c1-7(11(14)18-3)13-19(15,16)10-5-4-8(17-2)6-9(10)12/h4-7,13H,12H2,1-3H3/t7-/m1/s1. The van der Waals surface area contributed by atoms with Crippen molar-refractivity contribution in [2.75, 3.05) is 20.0 Å². The van der Waals surface area contributed by atoms with Gasteiger partial charge in [-0.05, 0) is 19.1 Å². The summed E-state index contributed by atoms with van der Waals surface area (Å²) in [5.41, 5.74) is 5.68. The fourth-order valence-corrected chi connectivity index (χ4v) is 2.72. The zero-order valence-electron chi connectivity index (χ0n) is 10.8. The molecule has 0 amide bonds. The molecule has 1 aromatic carbocycles. The molecule has 1 atom stereocenters. The van der Waals surface area contributed by atoms with Gasteiger partial charge in [-0.15, -0.1) is 0 Å². The lowest BCUT2D eigenvalue weighted by Gasteiger charge is -2.13. The summed E-state index contributed by atoms with van der Waals surface area (Å²) in [5, 5.41) is 0. The largest absolute Gasteiger partial charge is 0.497 e. The molecule has 8 heteroatoms. The summed E-state index contributed by atoms with van der Waals surface area (Å²) >= 11 is 0. The third kappa shape index (κ3) is 3.58. The summed E-state index contributed by atoms with van der Waals surface area (Å²) in [4.78, 5) is 11.1. The van der Waals surface area contributed by atoms with Gasteiger partial charge < -0.3 is 15.2 Å². The van der Waals surface area contributed by atoms with Crippen molar-refractivity contribution in [2.45, 2.75) is 17.9 Å². The predicted molar refractivity (Wildman–Crippen MR) is 69.2 cm³/mol. The SMILES string of the molecule is COC(=O)[C@@H](C)NS(=O)(=O)c1ccc(OC)cc1N. The fourth-order valence-electron chi connectivity index (χ4n) is 1.42. The van der Waals surface area contributed by atoms with Crippen LogP contribution in [0.2, 0.25) is 0 Å². The molecule has 1 aromatic rings. The molecule has 0 radical (unpaired) electrons. The highest BCUT2D eigenvalue weighted by Crippen LogP contribution is 2.23. The number of sulfonamides is 1. The number of nitrogens with two attached hydrogens (primary N) is 1. The van der Waals surface area contributed by atoms with Crippen LogP contribution in [0.25, 0.3) is 0 Å². The maximum atomic E-state index is 12.0. The molecular weight excluding hydrogens is 272 g/mol. The highest BCUT2D eigenvalue weighted by molar-refractivity contribution is 7.89. The van der Waals surface area contributed by atoms with Crippen molar-refractivity contribution in [1.82, 2.24) is 4.72 Å². The molecular formula is C11H16N2O5S. The van der Waals surface area contributed by atoms with Crippen LogP contribution < -0.4 is 15.2 Å². The molecule has 3 N–H and O–H groups in total. The molecule has 0 saturated carbocycles. The molecule has 0 aliphatic heterocycles. The number of hydrogen-bond donors (Lipinski definition) is 2. The lowest BCUT2D eigenvalue weighted by molar-refractivity contribution is -0.142. The van der Waals surface area contributed by atoms with Crippen molar-refractivity contribution in [1.29, 1.82) is 0 Å². The van der Waals surface area contributed by atoms with Crippen molar-refractivity contribution in [3.8, 4) is 5.75 Å². The summed E-state index contributed by atoms with van der Waals surface area (Å²) < 4.78 is 35.6. The van der Waals surface area contributed by atoms with Crippen LogP contribution in [0, 0.1) is 0 Å². The smallest absolute Gasteiger partial charge is 0.323 e. The van der Waals surface area contributed by atoms with E-state index in [0.717, 1.165) is 0 Å². The Kier molecular flexibility index (Phi) is 4.73. The van der Waals surface area contributed by atoms with Gasteiger partial charge in [0.1, 0.15) is 16.7 Å². The van der Waals surface area contributed by atoms with Gasteiger partial charge in [-0.1, -0.05) is 0 Å². The van der Waals surface area contributed by atoms with Crippen molar-refractivity contribution in [2.24, 2.45) is 0 Å². The molecule has 0 saturated heterocycles. The fraction of sp³-hybridized carbons (Fsp3) is 0.364. The lowest BCUT2D eigenvalue weighted by atomic mass is 10.3. The summed E-state index contributed by atoms with van der Waals surface area (Å²) in [6, 6.07) is 3.16. The number of carbonyl (C=O) groups excluding carboxylic acids is 1. The molecule has 0 aromatic heterocycles. The second-order valence-corrected chi connectivity index (χ2v) is 5.45. The van der Waals surface area contributed by atoms with Gasteiger partial charge in [-0.2, -0.15) is 4.72 Å². The number of anilines is 1. The number of carbonyl (C=O) groups is 1. The molecule has 0 aliphatic rings. The third-order valence-electron chi connectivity index (χ3n) is 2.39. The van der Waals surface area contributed by atoms with Crippen molar-refractivity contribution in [3.05, 3.63) is 18.2 Å². The Morgan fingerprint density at radius 1 is 1.37 bits per heavy atom. The third-order valence-corrected chi connectivity index (χ3v) is 4.01. The summed E-state index contributed by atoms with van der Waals surface area (Å²) in [6.07, 6.45) is 0. The first-order chi connectivity index (χ1) is 8.81. The average molecular weight is 288 g/mol. The topological polar surface area (TPSA) is 108 Å². The normalized spacial score (nSPS) is 12.8. The Morgan fingerprint density at radius 2 is 2.00 bits per heavy atom. The number of rotatable bonds is 5. The van der Waals surface area contributed by atoms with Crippen LogP contribution in [0.4, 0.5) is 5.69 Å². The van der Waals surface area contributed by atoms with Crippen molar-refractivity contribution < 1.29 is 22.7 Å². The number of hydrogen-bond acceptors (Lipinski definition) is 6. The minimum absolute atomic E-state index is 0.0314. The van der Waals surface area contributed by atoms with E-state index in [1.54, 1.807) is 0 Å². The number of ether oxygens (including phenoxy) is 2. The summed E-state index contributed by atoms with van der Waals surface area (Å²) in [7, 11) is -1.28.